The molecule has 1 saturated heterocycles. The van der Waals surface area contributed by atoms with E-state index in [9.17, 15) is 4.79 Å². The number of hydrogen-bond acceptors (Lipinski definition) is 4. The fourth-order valence-corrected chi connectivity index (χ4v) is 2.78. The Morgan fingerprint density at radius 3 is 2.62 bits per heavy atom. The fourth-order valence-electron chi connectivity index (χ4n) is 2.78. The standard InChI is InChI=1S/C16H24N2O3/c1-17(2)15-10-18(9-14(15)12-20-3)16(19)21-11-13-7-5-4-6-8-13/h4-8,14-15H,9-12H2,1-3H3. The number of likely N-dealkylation sites (N-methyl/N-ethyl adjacent to an activating group) is 1. The van der Waals surface area contributed by atoms with Gasteiger partial charge in [0.2, 0.25) is 0 Å². The lowest BCUT2D eigenvalue weighted by Crippen LogP contribution is -2.37. The maximum atomic E-state index is 12.2. The largest absolute Gasteiger partial charge is 0.445 e. The van der Waals surface area contributed by atoms with Crippen LogP contribution in [0.3, 0.4) is 0 Å². The second kappa shape index (κ2) is 7.43. The lowest BCUT2D eigenvalue weighted by Gasteiger charge is -2.24. The molecule has 0 aromatic heterocycles. The summed E-state index contributed by atoms with van der Waals surface area (Å²) in [5, 5.41) is 0. The molecule has 5 nitrogen and oxygen atoms in total. The van der Waals surface area contributed by atoms with Crippen molar-refractivity contribution in [3.63, 3.8) is 0 Å². The number of likely N-dealkylation sites (tertiary alicyclic amines) is 1. The van der Waals surface area contributed by atoms with E-state index in [2.05, 4.69) is 4.90 Å². The number of nitrogens with zero attached hydrogens (tertiary/aromatic N) is 2. The summed E-state index contributed by atoms with van der Waals surface area (Å²) in [6, 6.07) is 10.0. The summed E-state index contributed by atoms with van der Waals surface area (Å²) in [6.07, 6.45) is -0.246. The summed E-state index contributed by atoms with van der Waals surface area (Å²) in [6.45, 7) is 2.35. The highest BCUT2D eigenvalue weighted by molar-refractivity contribution is 5.68. The van der Waals surface area contributed by atoms with Gasteiger partial charge in [0.05, 0.1) is 6.61 Å². The number of carbonyl (C=O) groups is 1. The number of ether oxygens (including phenoxy) is 2. The van der Waals surface area contributed by atoms with Crippen LogP contribution in [0.5, 0.6) is 0 Å². The van der Waals surface area contributed by atoms with Crippen molar-refractivity contribution in [2.24, 2.45) is 5.92 Å². The van der Waals surface area contributed by atoms with Crippen molar-refractivity contribution in [1.29, 1.82) is 0 Å². The monoisotopic (exact) mass is 292 g/mol. The highest BCUT2D eigenvalue weighted by Gasteiger charge is 2.37. The van der Waals surface area contributed by atoms with E-state index in [-0.39, 0.29) is 6.09 Å². The van der Waals surface area contributed by atoms with Gasteiger partial charge in [-0.1, -0.05) is 30.3 Å². The van der Waals surface area contributed by atoms with E-state index in [1.54, 1.807) is 12.0 Å². The number of hydrogen-bond donors (Lipinski definition) is 0. The Balaban J connectivity index is 1.88. The van der Waals surface area contributed by atoms with Crippen molar-refractivity contribution < 1.29 is 14.3 Å². The van der Waals surface area contributed by atoms with Gasteiger partial charge in [0.1, 0.15) is 6.61 Å². The third-order valence-corrected chi connectivity index (χ3v) is 3.91. The van der Waals surface area contributed by atoms with E-state index >= 15 is 0 Å². The normalized spacial score (nSPS) is 21.8. The van der Waals surface area contributed by atoms with Crippen LogP contribution >= 0.6 is 0 Å². The molecular weight excluding hydrogens is 268 g/mol. The Labute approximate surface area is 126 Å². The number of benzene rings is 1. The van der Waals surface area contributed by atoms with Gasteiger partial charge < -0.3 is 19.3 Å². The summed E-state index contributed by atoms with van der Waals surface area (Å²) < 4.78 is 10.7. The first kappa shape index (κ1) is 15.8. The lowest BCUT2D eigenvalue weighted by atomic mass is 10.0. The molecule has 0 radical (unpaired) electrons. The molecule has 1 aromatic carbocycles. The summed E-state index contributed by atoms with van der Waals surface area (Å²) in [5.74, 6) is 0.328. The van der Waals surface area contributed by atoms with Crippen LogP contribution in [-0.4, -0.2) is 62.8 Å². The number of carbonyl (C=O) groups excluding carboxylic acids is 1. The highest BCUT2D eigenvalue weighted by Crippen LogP contribution is 2.21. The molecule has 1 amide bonds. The molecule has 0 aliphatic carbocycles. The zero-order valence-corrected chi connectivity index (χ0v) is 13.0. The van der Waals surface area contributed by atoms with Crippen molar-refractivity contribution in [2.45, 2.75) is 12.6 Å². The van der Waals surface area contributed by atoms with Gasteiger partial charge in [0.25, 0.3) is 0 Å². The van der Waals surface area contributed by atoms with Crippen molar-refractivity contribution >= 4 is 6.09 Å². The summed E-state index contributed by atoms with van der Waals surface area (Å²) in [7, 11) is 5.77. The Morgan fingerprint density at radius 1 is 1.29 bits per heavy atom. The smallest absolute Gasteiger partial charge is 0.410 e. The van der Waals surface area contributed by atoms with Crippen molar-refractivity contribution in [3.8, 4) is 0 Å². The average molecular weight is 292 g/mol. The Hall–Kier alpha value is -1.59. The first-order valence-corrected chi connectivity index (χ1v) is 7.22. The zero-order valence-electron chi connectivity index (χ0n) is 13.0. The topological polar surface area (TPSA) is 42.0 Å². The molecule has 2 atom stereocenters. The highest BCUT2D eigenvalue weighted by atomic mass is 16.6. The van der Waals surface area contributed by atoms with Crippen LogP contribution in [0.25, 0.3) is 0 Å². The molecule has 1 aliphatic rings. The fraction of sp³-hybridized carbons (Fsp3) is 0.562. The molecule has 2 unspecified atom stereocenters. The SMILES string of the molecule is COCC1CN(C(=O)OCc2ccccc2)CC1N(C)C. The second-order valence-electron chi connectivity index (χ2n) is 5.69. The third-order valence-electron chi connectivity index (χ3n) is 3.91. The first-order chi connectivity index (χ1) is 10.1. The van der Waals surface area contributed by atoms with E-state index < -0.39 is 0 Å². The van der Waals surface area contributed by atoms with Gasteiger partial charge in [-0.25, -0.2) is 4.79 Å². The molecule has 0 bridgehead atoms. The zero-order chi connectivity index (χ0) is 15.2. The minimum Gasteiger partial charge on any atom is -0.445 e. The van der Waals surface area contributed by atoms with Crippen LogP contribution in [-0.2, 0) is 16.1 Å². The van der Waals surface area contributed by atoms with E-state index in [0.717, 1.165) is 5.56 Å². The van der Waals surface area contributed by atoms with Crippen LogP contribution in [0.1, 0.15) is 5.56 Å². The number of methoxy groups -OCH3 is 1. The molecule has 1 aromatic rings. The predicted molar refractivity (Wildman–Crippen MR) is 81.0 cm³/mol. The summed E-state index contributed by atoms with van der Waals surface area (Å²) in [5.41, 5.74) is 1.00. The van der Waals surface area contributed by atoms with Gasteiger partial charge >= 0.3 is 6.09 Å². The molecule has 21 heavy (non-hydrogen) atoms. The molecule has 0 N–H and O–H groups in total. The van der Waals surface area contributed by atoms with Crippen LogP contribution in [0, 0.1) is 5.92 Å². The second-order valence-corrected chi connectivity index (χ2v) is 5.69. The molecule has 0 saturated carbocycles. The van der Waals surface area contributed by atoms with Gasteiger partial charge in [-0.05, 0) is 19.7 Å². The molecular formula is C16H24N2O3. The van der Waals surface area contributed by atoms with Crippen molar-refractivity contribution in [2.75, 3.05) is 40.9 Å². The quantitative estimate of drug-likeness (QED) is 0.830. The van der Waals surface area contributed by atoms with Crippen molar-refractivity contribution in [1.82, 2.24) is 9.80 Å². The van der Waals surface area contributed by atoms with E-state index in [0.29, 0.717) is 38.3 Å². The minimum atomic E-state index is -0.246. The maximum absolute atomic E-state index is 12.2. The van der Waals surface area contributed by atoms with Crippen LogP contribution in [0.15, 0.2) is 30.3 Å². The number of rotatable bonds is 5. The van der Waals surface area contributed by atoms with Gasteiger partial charge in [-0.3, -0.25) is 0 Å². The van der Waals surface area contributed by atoms with Crippen LogP contribution < -0.4 is 0 Å². The lowest BCUT2D eigenvalue weighted by molar-refractivity contribution is 0.0992. The van der Waals surface area contributed by atoms with Crippen molar-refractivity contribution in [3.05, 3.63) is 35.9 Å². The summed E-state index contributed by atoms with van der Waals surface area (Å²) >= 11 is 0. The first-order valence-electron chi connectivity index (χ1n) is 7.22. The molecule has 1 fully saturated rings. The van der Waals surface area contributed by atoms with Crippen LogP contribution in [0.4, 0.5) is 4.79 Å². The van der Waals surface area contributed by atoms with Crippen LogP contribution in [0.2, 0.25) is 0 Å². The Bertz CT molecular complexity index is 450. The average Bonchev–Trinajstić information content (AvgIpc) is 2.90. The van der Waals surface area contributed by atoms with Gasteiger partial charge in [-0.2, -0.15) is 0 Å². The predicted octanol–water partition coefficient (Wildman–Crippen LogP) is 1.83. The number of amides is 1. The summed E-state index contributed by atoms with van der Waals surface area (Å²) in [4.78, 5) is 16.1. The Kier molecular flexibility index (Phi) is 5.59. The third kappa shape index (κ3) is 4.19. The van der Waals surface area contributed by atoms with E-state index in [1.807, 2.05) is 44.4 Å². The van der Waals surface area contributed by atoms with Gasteiger partial charge in [0, 0.05) is 32.2 Å². The van der Waals surface area contributed by atoms with E-state index in [4.69, 9.17) is 9.47 Å². The van der Waals surface area contributed by atoms with Gasteiger partial charge in [0.15, 0.2) is 0 Å². The molecule has 5 heteroatoms. The molecule has 2 rings (SSSR count). The van der Waals surface area contributed by atoms with Gasteiger partial charge in [-0.15, -0.1) is 0 Å². The Morgan fingerprint density at radius 2 is 2.00 bits per heavy atom. The minimum absolute atomic E-state index is 0.246. The molecule has 116 valence electrons. The van der Waals surface area contributed by atoms with E-state index in [1.165, 1.54) is 0 Å². The maximum Gasteiger partial charge on any atom is 0.410 e. The molecule has 0 spiro atoms. The molecule has 1 aliphatic heterocycles. The molecule has 1 heterocycles.